The molecular formula is C19H13BrN2O2. The normalized spacial score (nSPS) is 10.4. The van der Waals surface area contributed by atoms with Crippen molar-refractivity contribution in [2.24, 2.45) is 0 Å². The Hall–Kier alpha value is -3.02. The lowest BCUT2D eigenvalue weighted by atomic mass is 10.1. The van der Waals surface area contributed by atoms with Crippen molar-refractivity contribution in [2.75, 3.05) is 11.9 Å². The van der Waals surface area contributed by atoms with Crippen LogP contribution in [0.25, 0.3) is 6.08 Å². The standard InChI is InChI=1S/C19H13BrN2O2/c1-2-10-24-18-5-3-4-14(12-18)11-15(13-21)19(23)22-17-8-6-16(20)7-9-17/h1,3-9,11-12H,10H2,(H,22,23)/b15-11-. The number of nitrogens with zero attached hydrogens (tertiary/aromatic N) is 1. The average Bonchev–Trinajstić information content (AvgIpc) is 2.60. The number of carbonyl (C=O) groups is 1. The van der Waals surface area contributed by atoms with Gasteiger partial charge in [0.1, 0.15) is 24.0 Å². The fourth-order valence-corrected chi connectivity index (χ4v) is 2.13. The minimum absolute atomic E-state index is 0.00739. The van der Waals surface area contributed by atoms with Gasteiger partial charge in [-0.2, -0.15) is 5.26 Å². The van der Waals surface area contributed by atoms with Crippen LogP contribution in [0.3, 0.4) is 0 Å². The largest absolute Gasteiger partial charge is 0.481 e. The predicted octanol–water partition coefficient (Wildman–Crippen LogP) is 4.01. The van der Waals surface area contributed by atoms with E-state index in [0.717, 1.165) is 4.47 Å². The van der Waals surface area contributed by atoms with E-state index in [2.05, 4.69) is 27.2 Å². The smallest absolute Gasteiger partial charge is 0.266 e. The molecule has 5 heteroatoms. The number of ether oxygens (including phenoxy) is 1. The Morgan fingerprint density at radius 3 is 2.71 bits per heavy atom. The molecule has 0 spiro atoms. The molecule has 0 aliphatic carbocycles. The summed E-state index contributed by atoms with van der Waals surface area (Å²) in [6, 6.07) is 16.0. The predicted molar refractivity (Wildman–Crippen MR) is 97.1 cm³/mol. The van der Waals surface area contributed by atoms with Gasteiger partial charge in [-0.25, -0.2) is 0 Å². The summed E-state index contributed by atoms with van der Waals surface area (Å²) in [6.45, 7) is 0.155. The van der Waals surface area contributed by atoms with Gasteiger partial charge in [0.2, 0.25) is 0 Å². The SMILES string of the molecule is C#CCOc1cccc(/C=C(/C#N)C(=O)Nc2ccc(Br)cc2)c1. The number of carbonyl (C=O) groups excluding carboxylic acids is 1. The molecule has 0 fully saturated rings. The number of anilines is 1. The zero-order valence-electron chi connectivity index (χ0n) is 12.6. The van der Waals surface area contributed by atoms with Gasteiger partial charge in [-0.05, 0) is 48.0 Å². The second kappa shape index (κ2) is 8.57. The molecule has 0 radical (unpaired) electrons. The van der Waals surface area contributed by atoms with E-state index in [0.29, 0.717) is 17.0 Å². The van der Waals surface area contributed by atoms with Crippen LogP contribution in [0.15, 0.2) is 58.6 Å². The Morgan fingerprint density at radius 2 is 2.04 bits per heavy atom. The molecule has 0 atom stereocenters. The first kappa shape index (κ1) is 17.3. The molecule has 0 bridgehead atoms. The maximum Gasteiger partial charge on any atom is 0.266 e. The molecule has 1 amide bonds. The summed E-state index contributed by atoms with van der Waals surface area (Å²) >= 11 is 3.32. The molecule has 0 aromatic heterocycles. The second-order valence-corrected chi connectivity index (χ2v) is 5.61. The summed E-state index contributed by atoms with van der Waals surface area (Å²) in [4.78, 5) is 12.2. The molecule has 0 unspecified atom stereocenters. The molecule has 0 saturated heterocycles. The number of hydrogen-bond donors (Lipinski definition) is 1. The highest BCUT2D eigenvalue weighted by Crippen LogP contribution is 2.18. The number of nitrogens with one attached hydrogen (secondary N) is 1. The lowest BCUT2D eigenvalue weighted by molar-refractivity contribution is -0.112. The van der Waals surface area contributed by atoms with Crippen molar-refractivity contribution in [3.63, 3.8) is 0 Å². The molecule has 2 aromatic carbocycles. The molecule has 0 aliphatic rings. The molecule has 0 saturated carbocycles. The molecule has 0 aliphatic heterocycles. The van der Waals surface area contributed by atoms with Crippen LogP contribution in [-0.4, -0.2) is 12.5 Å². The first-order valence-corrected chi connectivity index (χ1v) is 7.76. The number of amides is 1. The van der Waals surface area contributed by atoms with Crippen LogP contribution in [0.2, 0.25) is 0 Å². The Bertz CT molecular complexity index is 843. The fourth-order valence-electron chi connectivity index (χ4n) is 1.87. The van der Waals surface area contributed by atoms with Gasteiger partial charge in [0, 0.05) is 10.2 Å². The van der Waals surface area contributed by atoms with Crippen molar-refractivity contribution in [3.05, 3.63) is 64.1 Å². The number of terminal acetylenes is 1. The Balaban J connectivity index is 2.16. The van der Waals surface area contributed by atoms with Crippen LogP contribution in [0.5, 0.6) is 5.75 Å². The van der Waals surface area contributed by atoms with Crippen LogP contribution in [0.1, 0.15) is 5.56 Å². The van der Waals surface area contributed by atoms with E-state index in [1.807, 2.05) is 6.07 Å². The van der Waals surface area contributed by atoms with Crippen LogP contribution in [-0.2, 0) is 4.79 Å². The number of hydrogen-bond acceptors (Lipinski definition) is 3. The van der Waals surface area contributed by atoms with Crippen LogP contribution < -0.4 is 10.1 Å². The first-order valence-electron chi connectivity index (χ1n) is 6.97. The van der Waals surface area contributed by atoms with E-state index in [-0.39, 0.29) is 12.2 Å². The quantitative estimate of drug-likeness (QED) is 0.484. The van der Waals surface area contributed by atoms with E-state index in [1.165, 1.54) is 6.08 Å². The monoisotopic (exact) mass is 380 g/mol. The van der Waals surface area contributed by atoms with E-state index in [4.69, 9.17) is 11.2 Å². The molecule has 2 rings (SSSR count). The third-order valence-electron chi connectivity index (χ3n) is 2.96. The lowest BCUT2D eigenvalue weighted by Gasteiger charge is -2.05. The van der Waals surface area contributed by atoms with Crippen molar-refractivity contribution in [1.82, 2.24) is 0 Å². The van der Waals surface area contributed by atoms with E-state index in [9.17, 15) is 10.1 Å². The average molecular weight is 381 g/mol. The first-order chi connectivity index (χ1) is 11.6. The van der Waals surface area contributed by atoms with Gasteiger partial charge in [0.05, 0.1) is 0 Å². The van der Waals surface area contributed by atoms with Crippen molar-refractivity contribution in [1.29, 1.82) is 5.26 Å². The summed E-state index contributed by atoms with van der Waals surface area (Å²) in [6.07, 6.45) is 6.65. The number of benzene rings is 2. The minimum atomic E-state index is -0.477. The highest BCUT2D eigenvalue weighted by Gasteiger charge is 2.09. The topological polar surface area (TPSA) is 62.1 Å². The van der Waals surface area contributed by atoms with Crippen molar-refractivity contribution in [2.45, 2.75) is 0 Å². The van der Waals surface area contributed by atoms with E-state index >= 15 is 0 Å². The molecule has 0 heterocycles. The van der Waals surface area contributed by atoms with Gasteiger partial charge in [-0.3, -0.25) is 4.79 Å². The number of halogens is 1. The van der Waals surface area contributed by atoms with Gasteiger partial charge in [0.25, 0.3) is 5.91 Å². The maximum absolute atomic E-state index is 12.2. The minimum Gasteiger partial charge on any atom is -0.481 e. The van der Waals surface area contributed by atoms with Gasteiger partial charge in [-0.1, -0.05) is 34.0 Å². The maximum atomic E-state index is 12.2. The number of rotatable bonds is 5. The lowest BCUT2D eigenvalue weighted by Crippen LogP contribution is -2.13. The molecule has 118 valence electrons. The summed E-state index contributed by atoms with van der Waals surface area (Å²) in [5.41, 5.74) is 1.27. The zero-order chi connectivity index (χ0) is 17.4. The summed E-state index contributed by atoms with van der Waals surface area (Å²) in [5.74, 6) is 2.48. The molecule has 24 heavy (non-hydrogen) atoms. The Labute approximate surface area is 148 Å². The third-order valence-corrected chi connectivity index (χ3v) is 3.49. The van der Waals surface area contributed by atoms with Crippen LogP contribution >= 0.6 is 15.9 Å². The summed E-state index contributed by atoms with van der Waals surface area (Å²) in [7, 11) is 0. The zero-order valence-corrected chi connectivity index (χ0v) is 14.2. The Kier molecular flexibility index (Phi) is 6.19. The highest BCUT2D eigenvalue weighted by atomic mass is 79.9. The van der Waals surface area contributed by atoms with Gasteiger partial charge >= 0.3 is 0 Å². The highest BCUT2D eigenvalue weighted by molar-refractivity contribution is 9.10. The number of nitriles is 1. The van der Waals surface area contributed by atoms with Crippen LogP contribution in [0.4, 0.5) is 5.69 Å². The summed E-state index contributed by atoms with van der Waals surface area (Å²) < 4.78 is 6.23. The van der Waals surface area contributed by atoms with Crippen molar-refractivity contribution in [3.8, 4) is 24.2 Å². The van der Waals surface area contributed by atoms with E-state index < -0.39 is 5.91 Å². The van der Waals surface area contributed by atoms with Crippen molar-refractivity contribution >= 4 is 33.6 Å². The summed E-state index contributed by atoms with van der Waals surface area (Å²) in [5, 5.41) is 11.9. The molecule has 4 nitrogen and oxygen atoms in total. The van der Waals surface area contributed by atoms with Gasteiger partial charge in [-0.15, -0.1) is 6.42 Å². The third kappa shape index (κ3) is 5.01. The van der Waals surface area contributed by atoms with Crippen molar-refractivity contribution < 1.29 is 9.53 Å². The molecule has 1 N–H and O–H groups in total. The fraction of sp³-hybridized carbons (Fsp3) is 0.0526. The Morgan fingerprint density at radius 1 is 1.29 bits per heavy atom. The molecular weight excluding hydrogens is 368 g/mol. The van der Waals surface area contributed by atoms with Crippen LogP contribution in [0, 0.1) is 23.7 Å². The van der Waals surface area contributed by atoms with E-state index in [1.54, 1.807) is 48.5 Å². The second-order valence-electron chi connectivity index (χ2n) is 4.70. The van der Waals surface area contributed by atoms with Gasteiger partial charge < -0.3 is 10.1 Å². The molecule has 2 aromatic rings. The van der Waals surface area contributed by atoms with Gasteiger partial charge in [0.15, 0.2) is 0 Å².